The van der Waals surface area contributed by atoms with E-state index in [9.17, 15) is 14.7 Å². The number of rotatable bonds is 4. The van der Waals surface area contributed by atoms with Crippen LogP contribution in [0.4, 0.5) is 4.79 Å². The van der Waals surface area contributed by atoms with Gasteiger partial charge in [-0.2, -0.15) is 0 Å². The van der Waals surface area contributed by atoms with Crippen molar-refractivity contribution in [1.82, 2.24) is 20.9 Å². The Balaban J connectivity index is 0.00000312. The summed E-state index contributed by atoms with van der Waals surface area (Å²) in [4.78, 5) is 29.9. The van der Waals surface area contributed by atoms with Crippen LogP contribution in [-0.2, 0) is 4.79 Å². The van der Waals surface area contributed by atoms with Gasteiger partial charge >= 0.3 is 6.03 Å². The van der Waals surface area contributed by atoms with E-state index >= 15 is 0 Å². The third kappa shape index (κ3) is 4.96. The summed E-state index contributed by atoms with van der Waals surface area (Å²) in [5, 5.41) is 18.4. The second-order valence-corrected chi connectivity index (χ2v) is 7.12. The van der Waals surface area contributed by atoms with E-state index in [1.54, 1.807) is 20.9 Å². The van der Waals surface area contributed by atoms with E-state index in [-0.39, 0.29) is 35.8 Å². The van der Waals surface area contributed by atoms with E-state index in [1.807, 2.05) is 6.92 Å². The second kappa shape index (κ2) is 8.52. The molecule has 2 saturated heterocycles. The standard InChI is InChI=1S/C16H29N5O3.HI/c1-5-15(2,24)10-18-13(17-4)21-8-6-11(7-9-21)16(3)12(22)19-14(23)20-16;/h11,24H,5-10H2,1-4H3,(H,17,18)(H2,19,20,22,23);1H. The van der Waals surface area contributed by atoms with Gasteiger partial charge in [-0.15, -0.1) is 24.0 Å². The first-order valence-electron chi connectivity index (χ1n) is 8.53. The van der Waals surface area contributed by atoms with Gasteiger partial charge in [0, 0.05) is 26.7 Å². The molecule has 2 fully saturated rings. The van der Waals surface area contributed by atoms with Gasteiger partial charge < -0.3 is 20.6 Å². The Bertz CT molecular complexity index is 532. The van der Waals surface area contributed by atoms with Gasteiger partial charge in [0.25, 0.3) is 5.91 Å². The van der Waals surface area contributed by atoms with Gasteiger partial charge in [0.15, 0.2) is 5.96 Å². The molecule has 0 aromatic rings. The summed E-state index contributed by atoms with van der Waals surface area (Å²) < 4.78 is 0. The fourth-order valence-corrected chi connectivity index (χ4v) is 3.24. The quantitative estimate of drug-likeness (QED) is 0.210. The van der Waals surface area contributed by atoms with Crippen molar-refractivity contribution < 1.29 is 14.7 Å². The van der Waals surface area contributed by atoms with Crippen LogP contribution in [0.15, 0.2) is 4.99 Å². The van der Waals surface area contributed by atoms with Crippen LogP contribution >= 0.6 is 24.0 Å². The number of carbonyl (C=O) groups is 2. The third-order valence-corrected chi connectivity index (χ3v) is 5.28. The molecule has 0 saturated carbocycles. The smallest absolute Gasteiger partial charge is 0.322 e. The number of halogens is 1. The van der Waals surface area contributed by atoms with Crippen LogP contribution in [0.2, 0.25) is 0 Å². The number of piperidine rings is 1. The fourth-order valence-electron chi connectivity index (χ4n) is 3.24. The van der Waals surface area contributed by atoms with Crippen molar-refractivity contribution in [3.8, 4) is 0 Å². The summed E-state index contributed by atoms with van der Waals surface area (Å²) in [5.74, 6) is 0.608. The molecule has 0 aliphatic carbocycles. The van der Waals surface area contributed by atoms with Crippen molar-refractivity contribution in [2.75, 3.05) is 26.7 Å². The lowest BCUT2D eigenvalue weighted by molar-refractivity contribution is -0.125. The zero-order valence-electron chi connectivity index (χ0n) is 15.4. The normalized spacial score (nSPS) is 27.2. The second-order valence-electron chi connectivity index (χ2n) is 7.12. The summed E-state index contributed by atoms with van der Waals surface area (Å²) in [7, 11) is 1.72. The third-order valence-electron chi connectivity index (χ3n) is 5.28. The molecule has 2 rings (SSSR count). The highest BCUT2D eigenvalue weighted by molar-refractivity contribution is 14.0. The molecule has 3 amide bonds. The Morgan fingerprint density at radius 1 is 1.44 bits per heavy atom. The van der Waals surface area contributed by atoms with Gasteiger partial charge in [-0.1, -0.05) is 6.92 Å². The van der Waals surface area contributed by atoms with E-state index in [0.29, 0.717) is 13.0 Å². The van der Waals surface area contributed by atoms with Gasteiger partial charge in [-0.05, 0) is 39.0 Å². The Hall–Kier alpha value is -1.10. The average molecular weight is 467 g/mol. The van der Waals surface area contributed by atoms with E-state index in [0.717, 1.165) is 31.9 Å². The van der Waals surface area contributed by atoms with Crippen molar-refractivity contribution in [3.05, 3.63) is 0 Å². The van der Waals surface area contributed by atoms with Gasteiger partial charge in [-0.3, -0.25) is 15.1 Å². The molecule has 2 unspecified atom stereocenters. The summed E-state index contributed by atoms with van der Waals surface area (Å²) in [6.07, 6.45) is 2.23. The SMILES string of the molecule is CCC(C)(O)CNC(=NC)N1CCC(C2(C)NC(=O)NC2=O)CC1.I. The van der Waals surface area contributed by atoms with Crippen LogP contribution in [0, 0.1) is 5.92 Å². The number of hydrogen-bond acceptors (Lipinski definition) is 4. The number of amides is 3. The highest BCUT2D eigenvalue weighted by atomic mass is 127. The Morgan fingerprint density at radius 3 is 2.48 bits per heavy atom. The number of aliphatic imine (C=N–C) groups is 1. The fraction of sp³-hybridized carbons (Fsp3) is 0.812. The van der Waals surface area contributed by atoms with Crippen molar-refractivity contribution >= 4 is 41.9 Å². The lowest BCUT2D eigenvalue weighted by Crippen LogP contribution is -2.56. The molecule has 0 spiro atoms. The molecule has 2 heterocycles. The molecular weight excluding hydrogens is 437 g/mol. The number of hydrogen-bond donors (Lipinski definition) is 4. The first-order chi connectivity index (χ1) is 11.2. The maximum Gasteiger partial charge on any atom is 0.322 e. The topological polar surface area (TPSA) is 106 Å². The first-order valence-corrected chi connectivity index (χ1v) is 8.53. The molecule has 4 N–H and O–H groups in total. The summed E-state index contributed by atoms with van der Waals surface area (Å²) in [6, 6.07) is -0.413. The monoisotopic (exact) mass is 467 g/mol. The van der Waals surface area contributed by atoms with Crippen molar-refractivity contribution in [2.24, 2.45) is 10.9 Å². The van der Waals surface area contributed by atoms with Crippen molar-refractivity contribution in [1.29, 1.82) is 0 Å². The Labute approximate surface area is 166 Å². The molecule has 0 aromatic carbocycles. The van der Waals surface area contributed by atoms with Gasteiger partial charge in [0.05, 0.1) is 5.60 Å². The van der Waals surface area contributed by atoms with E-state index < -0.39 is 17.2 Å². The van der Waals surface area contributed by atoms with Crippen LogP contribution in [0.3, 0.4) is 0 Å². The van der Waals surface area contributed by atoms with Crippen LogP contribution in [0.1, 0.15) is 40.0 Å². The van der Waals surface area contributed by atoms with Crippen LogP contribution in [-0.4, -0.2) is 65.7 Å². The molecule has 25 heavy (non-hydrogen) atoms. The minimum Gasteiger partial charge on any atom is -0.388 e. The predicted octanol–water partition coefficient (Wildman–Crippen LogP) is 0.651. The van der Waals surface area contributed by atoms with Crippen LogP contribution in [0.25, 0.3) is 0 Å². The Kier molecular flexibility index (Phi) is 7.48. The minimum atomic E-state index is -0.827. The maximum absolute atomic E-state index is 12.1. The van der Waals surface area contributed by atoms with Gasteiger partial charge in [0.2, 0.25) is 0 Å². The molecule has 2 aliphatic heterocycles. The first kappa shape index (κ1) is 21.9. The van der Waals surface area contributed by atoms with E-state index in [4.69, 9.17) is 0 Å². The number of aliphatic hydroxyl groups is 1. The molecule has 0 aromatic heterocycles. The summed E-state index contributed by atoms with van der Waals surface area (Å²) in [6.45, 7) is 7.46. The number of guanidine groups is 1. The lowest BCUT2D eigenvalue weighted by Gasteiger charge is -2.40. The van der Waals surface area contributed by atoms with Gasteiger partial charge in [0.1, 0.15) is 5.54 Å². The van der Waals surface area contributed by atoms with E-state index in [1.165, 1.54) is 0 Å². The Morgan fingerprint density at radius 2 is 2.04 bits per heavy atom. The zero-order chi connectivity index (χ0) is 18.0. The molecule has 0 bridgehead atoms. The molecule has 8 nitrogen and oxygen atoms in total. The number of urea groups is 1. The van der Waals surface area contributed by atoms with Gasteiger partial charge in [-0.25, -0.2) is 4.79 Å². The van der Waals surface area contributed by atoms with Crippen LogP contribution < -0.4 is 16.0 Å². The highest BCUT2D eigenvalue weighted by Gasteiger charge is 2.48. The summed E-state index contributed by atoms with van der Waals surface area (Å²) in [5.41, 5.74) is -1.60. The maximum atomic E-state index is 12.1. The molecular formula is C16H30IN5O3. The molecule has 2 atom stereocenters. The molecule has 0 radical (unpaired) electrons. The number of carbonyl (C=O) groups excluding carboxylic acids is 2. The number of likely N-dealkylation sites (tertiary alicyclic amines) is 1. The largest absolute Gasteiger partial charge is 0.388 e. The zero-order valence-corrected chi connectivity index (χ0v) is 17.7. The minimum absolute atomic E-state index is 0. The predicted molar refractivity (Wildman–Crippen MR) is 107 cm³/mol. The van der Waals surface area contributed by atoms with Crippen LogP contribution in [0.5, 0.6) is 0 Å². The lowest BCUT2D eigenvalue weighted by atomic mass is 9.79. The number of imide groups is 1. The molecule has 2 aliphatic rings. The number of nitrogens with one attached hydrogen (secondary N) is 3. The average Bonchev–Trinajstić information content (AvgIpc) is 2.82. The van der Waals surface area contributed by atoms with Crippen molar-refractivity contribution in [3.63, 3.8) is 0 Å². The molecule has 9 heteroatoms. The summed E-state index contributed by atoms with van der Waals surface area (Å²) >= 11 is 0. The molecule has 144 valence electrons. The van der Waals surface area contributed by atoms with E-state index in [2.05, 4.69) is 25.8 Å². The number of nitrogens with zero attached hydrogens (tertiary/aromatic N) is 2. The van der Waals surface area contributed by atoms with Crippen molar-refractivity contribution in [2.45, 2.75) is 51.2 Å². The highest BCUT2D eigenvalue weighted by Crippen LogP contribution is 2.30.